The summed E-state index contributed by atoms with van der Waals surface area (Å²) in [7, 11) is 1.60. The van der Waals surface area contributed by atoms with E-state index < -0.39 is 0 Å². The van der Waals surface area contributed by atoms with Crippen molar-refractivity contribution >= 4 is 11.9 Å². The molecule has 2 saturated heterocycles. The predicted octanol–water partition coefficient (Wildman–Crippen LogP) is 1.34. The average Bonchev–Trinajstić information content (AvgIpc) is 2.67. The summed E-state index contributed by atoms with van der Waals surface area (Å²) < 4.78 is 10.9. The maximum Gasteiger partial charge on any atom is 0.228 e. The Balaban J connectivity index is 1.59. The Morgan fingerprint density at radius 2 is 2.17 bits per heavy atom. The summed E-state index contributed by atoms with van der Waals surface area (Å²) in [6, 6.07) is 1.73. The van der Waals surface area contributed by atoms with Gasteiger partial charge in [-0.2, -0.15) is 4.98 Å². The fourth-order valence-corrected chi connectivity index (χ4v) is 3.48. The fraction of sp³-hybridized carbons (Fsp3) is 0.706. The minimum absolute atomic E-state index is 0.0170. The number of hydrogen-bond donors (Lipinski definition) is 0. The van der Waals surface area contributed by atoms with Crippen LogP contribution in [0.3, 0.4) is 0 Å². The molecule has 0 aliphatic carbocycles. The molecule has 2 aliphatic rings. The van der Waals surface area contributed by atoms with Crippen molar-refractivity contribution in [3.05, 3.63) is 12.3 Å². The van der Waals surface area contributed by atoms with Gasteiger partial charge in [0.05, 0.1) is 19.1 Å². The van der Waals surface area contributed by atoms with Gasteiger partial charge in [0.25, 0.3) is 0 Å². The molecule has 132 valence electrons. The molecule has 0 saturated carbocycles. The molecule has 24 heavy (non-hydrogen) atoms. The summed E-state index contributed by atoms with van der Waals surface area (Å²) in [6.45, 7) is 5.75. The summed E-state index contributed by atoms with van der Waals surface area (Å²) in [5.74, 6) is 1.48. The number of rotatable bonds is 4. The van der Waals surface area contributed by atoms with E-state index in [1.54, 1.807) is 19.4 Å². The lowest BCUT2D eigenvalue weighted by Gasteiger charge is -2.39. The number of aromatic nitrogens is 2. The molecule has 2 aliphatic heterocycles. The van der Waals surface area contributed by atoms with Crippen LogP contribution in [0.25, 0.3) is 0 Å². The van der Waals surface area contributed by atoms with Crippen molar-refractivity contribution in [3.63, 3.8) is 0 Å². The molecule has 7 heteroatoms. The van der Waals surface area contributed by atoms with Gasteiger partial charge in [0.15, 0.2) is 0 Å². The number of ether oxygens (including phenoxy) is 2. The summed E-state index contributed by atoms with van der Waals surface area (Å²) in [6.07, 6.45) is 4.59. The van der Waals surface area contributed by atoms with Gasteiger partial charge >= 0.3 is 0 Å². The Bertz CT molecular complexity index is 561. The van der Waals surface area contributed by atoms with E-state index in [1.165, 1.54) is 0 Å². The van der Waals surface area contributed by atoms with Gasteiger partial charge in [-0.3, -0.25) is 4.79 Å². The molecule has 3 rings (SSSR count). The molecule has 1 amide bonds. The summed E-state index contributed by atoms with van der Waals surface area (Å²) in [4.78, 5) is 25.6. The zero-order chi connectivity index (χ0) is 16.9. The van der Waals surface area contributed by atoms with Crippen molar-refractivity contribution in [2.45, 2.75) is 32.3 Å². The SMILES string of the molecule is CC[C@@H]1OCCC[C@H]1C(=O)N1CCN(c2nccc(OC)n2)CC1. The van der Waals surface area contributed by atoms with Gasteiger partial charge in [-0.05, 0) is 19.3 Å². The molecule has 7 nitrogen and oxygen atoms in total. The van der Waals surface area contributed by atoms with Gasteiger partial charge in [-0.15, -0.1) is 0 Å². The number of carbonyl (C=O) groups is 1. The molecule has 0 aromatic carbocycles. The normalized spacial score (nSPS) is 24.8. The molecule has 2 fully saturated rings. The first-order chi connectivity index (χ1) is 11.7. The third-order valence-corrected chi connectivity index (χ3v) is 4.86. The number of methoxy groups -OCH3 is 1. The first-order valence-corrected chi connectivity index (χ1v) is 8.75. The van der Waals surface area contributed by atoms with Crippen LogP contribution in [0, 0.1) is 5.92 Å². The van der Waals surface area contributed by atoms with Crippen molar-refractivity contribution in [1.82, 2.24) is 14.9 Å². The van der Waals surface area contributed by atoms with Crippen LogP contribution < -0.4 is 9.64 Å². The van der Waals surface area contributed by atoms with Crippen molar-refractivity contribution in [3.8, 4) is 5.88 Å². The lowest BCUT2D eigenvalue weighted by atomic mass is 9.91. The van der Waals surface area contributed by atoms with Crippen molar-refractivity contribution < 1.29 is 14.3 Å². The van der Waals surface area contributed by atoms with E-state index in [0.29, 0.717) is 24.9 Å². The van der Waals surface area contributed by atoms with E-state index in [4.69, 9.17) is 9.47 Å². The molecule has 0 radical (unpaired) electrons. The van der Waals surface area contributed by atoms with E-state index in [2.05, 4.69) is 21.8 Å². The van der Waals surface area contributed by atoms with Gasteiger partial charge in [0.2, 0.25) is 17.7 Å². The highest BCUT2D eigenvalue weighted by atomic mass is 16.5. The van der Waals surface area contributed by atoms with Crippen LogP contribution in [0.5, 0.6) is 5.88 Å². The Morgan fingerprint density at radius 1 is 1.38 bits per heavy atom. The van der Waals surface area contributed by atoms with E-state index >= 15 is 0 Å². The second kappa shape index (κ2) is 7.79. The predicted molar refractivity (Wildman–Crippen MR) is 90.1 cm³/mol. The topological polar surface area (TPSA) is 67.8 Å². The van der Waals surface area contributed by atoms with Crippen molar-refractivity contribution in [1.29, 1.82) is 0 Å². The number of piperazine rings is 1. The van der Waals surface area contributed by atoms with Crippen LogP contribution in [0.1, 0.15) is 26.2 Å². The van der Waals surface area contributed by atoms with Crippen molar-refractivity contribution in [2.75, 3.05) is 44.8 Å². The molecule has 1 aromatic heterocycles. The summed E-state index contributed by atoms with van der Waals surface area (Å²) in [5, 5.41) is 0. The highest BCUT2D eigenvalue weighted by molar-refractivity contribution is 5.79. The molecule has 3 heterocycles. The van der Waals surface area contributed by atoms with E-state index in [-0.39, 0.29) is 17.9 Å². The molecule has 1 aromatic rings. The second-order valence-electron chi connectivity index (χ2n) is 6.28. The highest BCUT2D eigenvalue weighted by Crippen LogP contribution is 2.26. The number of hydrogen-bond acceptors (Lipinski definition) is 6. The third-order valence-electron chi connectivity index (χ3n) is 4.86. The number of carbonyl (C=O) groups excluding carboxylic acids is 1. The first kappa shape index (κ1) is 17.0. The van der Waals surface area contributed by atoms with E-state index in [0.717, 1.165) is 39.0 Å². The van der Waals surface area contributed by atoms with Crippen LogP contribution in [0.15, 0.2) is 12.3 Å². The Labute approximate surface area is 143 Å². The third kappa shape index (κ3) is 3.61. The molecular formula is C17H26N4O3. The zero-order valence-electron chi connectivity index (χ0n) is 14.5. The standard InChI is InChI=1S/C17H26N4O3/c1-3-14-13(5-4-12-24-14)16(22)20-8-10-21(11-9-20)17-18-7-6-15(19-17)23-2/h6-7,13-14H,3-5,8-12H2,1-2H3/t13-,14+/m1/s1. The van der Waals surface area contributed by atoms with Crippen LogP contribution >= 0.6 is 0 Å². The quantitative estimate of drug-likeness (QED) is 0.828. The highest BCUT2D eigenvalue weighted by Gasteiger charge is 2.35. The monoisotopic (exact) mass is 334 g/mol. The lowest BCUT2D eigenvalue weighted by molar-refractivity contribution is -0.145. The maximum absolute atomic E-state index is 12.8. The van der Waals surface area contributed by atoms with Crippen molar-refractivity contribution in [2.24, 2.45) is 5.92 Å². The number of nitrogens with zero attached hydrogens (tertiary/aromatic N) is 4. The number of anilines is 1. The lowest BCUT2D eigenvalue weighted by Crippen LogP contribution is -2.53. The van der Waals surface area contributed by atoms with Gasteiger partial charge in [0.1, 0.15) is 0 Å². The molecule has 0 bridgehead atoms. The van der Waals surface area contributed by atoms with Crippen LogP contribution in [-0.2, 0) is 9.53 Å². The summed E-state index contributed by atoms with van der Waals surface area (Å²) in [5.41, 5.74) is 0. The van der Waals surface area contributed by atoms with Crippen LogP contribution in [0.4, 0.5) is 5.95 Å². The summed E-state index contributed by atoms with van der Waals surface area (Å²) >= 11 is 0. The van der Waals surface area contributed by atoms with Gasteiger partial charge in [-0.25, -0.2) is 4.98 Å². The molecule has 0 N–H and O–H groups in total. The van der Waals surface area contributed by atoms with Gasteiger partial charge < -0.3 is 19.3 Å². The largest absolute Gasteiger partial charge is 0.481 e. The minimum Gasteiger partial charge on any atom is -0.481 e. The number of amides is 1. The zero-order valence-corrected chi connectivity index (χ0v) is 14.5. The second-order valence-corrected chi connectivity index (χ2v) is 6.28. The Hall–Kier alpha value is -1.89. The van der Waals surface area contributed by atoms with E-state index in [1.807, 2.05) is 4.90 Å². The fourth-order valence-electron chi connectivity index (χ4n) is 3.48. The van der Waals surface area contributed by atoms with Gasteiger partial charge in [-0.1, -0.05) is 6.92 Å². The average molecular weight is 334 g/mol. The van der Waals surface area contributed by atoms with Gasteiger partial charge in [0, 0.05) is 45.0 Å². The van der Waals surface area contributed by atoms with Crippen LogP contribution in [-0.4, -0.2) is 66.8 Å². The Kier molecular flexibility index (Phi) is 5.50. The minimum atomic E-state index is 0.0170. The van der Waals surface area contributed by atoms with E-state index in [9.17, 15) is 4.79 Å². The smallest absolute Gasteiger partial charge is 0.228 e. The maximum atomic E-state index is 12.8. The first-order valence-electron chi connectivity index (χ1n) is 8.75. The Morgan fingerprint density at radius 3 is 2.88 bits per heavy atom. The molecule has 0 unspecified atom stereocenters. The van der Waals surface area contributed by atoms with Crippen LogP contribution in [0.2, 0.25) is 0 Å². The molecule has 0 spiro atoms. The molecule has 2 atom stereocenters. The molecular weight excluding hydrogens is 308 g/mol.